The number of nitrogens with zero attached hydrogens (tertiary/aromatic N) is 2. The van der Waals surface area contributed by atoms with Crippen molar-refractivity contribution in [2.24, 2.45) is 0 Å². The highest BCUT2D eigenvalue weighted by molar-refractivity contribution is 5.64. The van der Waals surface area contributed by atoms with Gasteiger partial charge in [-0.05, 0) is 17.7 Å². The largest absolute Gasteiger partial charge is 0.327 e. The quantitative estimate of drug-likeness (QED) is 0.510. The van der Waals surface area contributed by atoms with Gasteiger partial charge in [0.15, 0.2) is 0 Å². The van der Waals surface area contributed by atoms with Gasteiger partial charge in [-0.2, -0.15) is 0 Å². The topological polar surface area (TPSA) is 17.8 Å². The van der Waals surface area contributed by atoms with Gasteiger partial charge in [-0.1, -0.05) is 6.07 Å². The molecule has 2 heterocycles. The fraction of sp³-hybridized carbons (Fsp3) is 0.100. The zero-order chi connectivity index (χ0) is 8.84. The maximum absolute atomic E-state index is 12.9. The molecule has 0 saturated carbocycles. The summed E-state index contributed by atoms with van der Waals surface area (Å²) in [6.07, 6.45) is 3.65. The number of rotatable bonds is 0. The molecule has 0 fully saturated rings. The van der Waals surface area contributed by atoms with Gasteiger partial charge in [0.05, 0.1) is 0 Å². The molecular weight excluding hydrogens is 167 g/mol. The summed E-state index contributed by atoms with van der Waals surface area (Å²) in [5.41, 5.74) is 2.06. The molecule has 2 nitrogen and oxygen atoms in total. The molecule has 3 heteroatoms. The van der Waals surface area contributed by atoms with E-state index in [0.29, 0.717) is 0 Å². The molecular formula is C10H7FN2. The molecule has 2 aromatic rings. The Morgan fingerprint density at radius 1 is 1.38 bits per heavy atom. The molecule has 0 bridgehead atoms. The lowest BCUT2D eigenvalue weighted by molar-refractivity contribution is 0.628. The first-order valence-corrected chi connectivity index (χ1v) is 4.14. The van der Waals surface area contributed by atoms with Crippen molar-refractivity contribution in [1.82, 2.24) is 9.55 Å². The molecule has 0 N–H and O–H groups in total. The van der Waals surface area contributed by atoms with Gasteiger partial charge in [0, 0.05) is 24.5 Å². The number of hydrogen-bond donors (Lipinski definition) is 0. The second-order valence-electron chi connectivity index (χ2n) is 3.18. The average molecular weight is 174 g/mol. The van der Waals surface area contributed by atoms with Crippen LogP contribution in [0, 0.1) is 5.82 Å². The predicted octanol–water partition coefficient (Wildman–Crippen LogP) is 2.05. The van der Waals surface area contributed by atoms with E-state index in [2.05, 4.69) is 4.98 Å². The Kier molecular flexibility index (Phi) is 1.15. The van der Waals surface area contributed by atoms with Gasteiger partial charge in [-0.25, -0.2) is 9.37 Å². The molecule has 0 amide bonds. The van der Waals surface area contributed by atoms with Crippen LogP contribution in [-0.2, 0) is 6.54 Å². The van der Waals surface area contributed by atoms with Crippen molar-refractivity contribution in [2.45, 2.75) is 6.54 Å². The van der Waals surface area contributed by atoms with Crippen LogP contribution >= 0.6 is 0 Å². The number of fused-ring (bicyclic) bond motifs is 3. The Hall–Kier alpha value is -1.64. The van der Waals surface area contributed by atoms with Gasteiger partial charge in [0.1, 0.15) is 11.6 Å². The van der Waals surface area contributed by atoms with Crippen molar-refractivity contribution in [1.29, 1.82) is 0 Å². The van der Waals surface area contributed by atoms with Crippen LogP contribution in [0.1, 0.15) is 5.56 Å². The first kappa shape index (κ1) is 6.83. The maximum Gasteiger partial charge on any atom is 0.140 e. The van der Waals surface area contributed by atoms with Gasteiger partial charge in [0.25, 0.3) is 0 Å². The number of imidazole rings is 1. The Balaban J connectivity index is 2.31. The van der Waals surface area contributed by atoms with Crippen LogP contribution in [0.2, 0.25) is 0 Å². The second-order valence-corrected chi connectivity index (χ2v) is 3.18. The highest BCUT2D eigenvalue weighted by atomic mass is 19.1. The highest BCUT2D eigenvalue weighted by Gasteiger charge is 2.18. The summed E-state index contributed by atoms with van der Waals surface area (Å²) in [6, 6.07) is 4.85. The number of hydrogen-bond acceptors (Lipinski definition) is 1. The summed E-state index contributed by atoms with van der Waals surface area (Å²) in [6.45, 7) is 0.810. The van der Waals surface area contributed by atoms with Crippen molar-refractivity contribution >= 4 is 0 Å². The van der Waals surface area contributed by atoms with Crippen molar-refractivity contribution in [2.75, 3.05) is 0 Å². The van der Waals surface area contributed by atoms with Crippen LogP contribution in [-0.4, -0.2) is 9.55 Å². The van der Waals surface area contributed by atoms with E-state index in [0.717, 1.165) is 23.5 Å². The van der Waals surface area contributed by atoms with Crippen molar-refractivity contribution in [3.05, 3.63) is 42.0 Å². The molecule has 13 heavy (non-hydrogen) atoms. The lowest BCUT2D eigenvalue weighted by Crippen LogP contribution is -1.88. The second kappa shape index (κ2) is 2.19. The van der Waals surface area contributed by atoms with E-state index in [4.69, 9.17) is 0 Å². The first-order chi connectivity index (χ1) is 6.34. The predicted molar refractivity (Wildman–Crippen MR) is 46.7 cm³/mol. The van der Waals surface area contributed by atoms with Crippen LogP contribution < -0.4 is 0 Å². The van der Waals surface area contributed by atoms with Gasteiger partial charge in [-0.15, -0.1) is 0 Å². The molecule has 0 aliphatic carbocycles. The molecule has 1 aliphatic heterocycles. The highest BCUT2D eigenvalue weighted by Crippen LogP contribution is 2.30. The summed E-state index contributed by atoms with van der Waals surface area (Å²) < 4.78 is 14.9. The van der Waals surface area contributed by atoms with E-state index < -0.39 is 0 Å². The molecule has 0 spiro atoms. The van der Waals surface area contributed by atoms with Crippen molar-refractivity contribution in [3.8, 4) is 11.4 Å². The summed E-state index contributed by atoms with van der Waals surface area (Å²) >= 11 is 0. The van der Waals surface area contributed by atoms with E-state index in [1.807, 2.05) is 16.8 Å². The molecule has 0 saturated heterocycles. The normalized spacial score (nSPS) is 12.7. The minimum Gasteiger partial charge on any atom is -0.327 e. The van der Waals surface area contributed by atoms with Crippen LogP contribution in [0.3, 0.4) is 0 Å². The SMILES string of the molecule is Fc1ccc2c(c1)-c1nccn1C2. The summed E-state index contributed by atoms with van der Waals surface area (Å²) in [5, 5.41) is 0. The lowest BCUT2D eigenvalue weighted by atomic mass is 10.1. The zero-order valence-electron chi connectivity index (χ0n) is 6.87. The van der Waals surface area contributed by atoms with E-state index in [-0.39, 0.29) is 5.82 Å². The number of benzene rings is 1. The third kappa shape index (κ3) is 0.840. The van der Waals surface area contributed by atoms with E-state index >= 15 is 0 Å². The Labute approximate surface area is 74.7 Å². The van der Waals surface area contributed by atoms with Crippen LogP contribution in [0.5, 0.6) is 0 Å². The third-order valence-electron chi connectivity index (χ3n) is 2.37. The molecule has 3 rings (SSSR count). The lowest BCUT2D eigenvalue weighted by Gasteiger charge is -1.95. The van der Waals surface area contributed by atoms with Gasteiger partial charge in [0.2, 0.25) is 0 Å². The summed E-state index contributed by atoms with van der Waals surface area (Å²) in [5.74, 6) is 0.671. The number of halogens is 1. The van der Waals surface area contributed by atoms with Crippen LogP contribution in [0.25, 0.3) is 11.4 Å². The van der Waals surface area contributed by atoms with Crippen molar-refractivity contribution < 1.29 is 4.39 Å². The van der Waals surface area contributed by atoms with E-state index in [1.165, 1.54) is 6.07 Å². The Morgan fingerprint density at radius 2 is 2.31 bits per heavy atom. The third-order valence-corrected chi connectivity index (χ3v) is 2.37. The Bertz CT molecular complexity index is 474. The van der Waals surface area contributed by atoms with E-state index in [9.17, 15) is 4.39 Å². The van der Waals surface area contributed by atoms with Gasteiger partial charge >= 0.3 is 0 Å². The molecule has 1 aliphatic rings. The summed E-state index contributed by atoms with van der Waals surface area (Å²) in [7, 11) is 0. The number of aromatic nitrogens is 2. The minimum atomic E-state index is -0.199. The Morgan fingerprint density at radius 3 is 3.23 bits per heavy atom. The van der Waals surface area contributed by atoms with Crippen LogP contribution in [0.4, 0.5) is 4.39 Å². The van der Waals surface area contributed by atoms with Crippen molar-refractivity contribution in [3.63, 3.8) is 0 Å². The monoisotopic (exact) mass is 174 g/mol. The molecule has 0 atom stereocenters. The molecule has 0 unspecified atom stereocenters. The standard InChI is InChI=1S/C10H7FN2/c11-8-2-1-7-6-13-4-3-12-10(13)9(7)5-8/h1-5H,6H2. The molecule has 64 valence electrons. The molecule has 0 radical (unpaired) electrons. The fourth-order valence-corrected chi connectivity index (χ4v) is 1.76. The summed E-state index contributed by atoms with van der Waals surface area (Å²) in [4.78, 5) is 4.18. The minimum absolute atomic E-state index is 0.199. The molecule has 1 aromatic heterocycles. The fourth-order valence-electron chi connectivity index (χ4n) is 1.76. The van der Waals surface area contributed by atoms with Gasteiger partial charge < -0.3 is 4.57 Å². The molecule has 1 aromatic carbocycles. The van der Waals surface area contributed by atoms with Gasteiger partial charge in [-0.3, -0.25) is 0 Å². The zero-order valence-corrected chi connectivity index (χ0v) is 6.87. The van der Waals surface area contributed by atoms with E-state index in [1.54, 1.807) is 12.3 Å². The maximum atomic E-state index is 12.9. The first-order valence-electron chi connectivity index (χ1n) is 4.14. The average Bonchev–Trinajstić information content (AvgIpc) is 2.64. The smallest absolute Gasteiger partial charge is 0.140 e. The van der Waals surface area contributed by atoms with Crippen LogP contribution in [0.15, 0.2) is 30.6 Å².